The van der Waals surface area contributed by atoms with Gasteiger partial charge in [0.25, 0.3) is 0 Å². The summed E-state index contributed by atoms with van der Waals surface area (Å²) in [5, 5.41) is 18.4. The topological polar surface area (TPSA) is 74.6 Å². The summed E-state index contributed by atoms with van der Waals surface area (Å²) in [6, 6.07) is 10.9. The van der Waals surface area contributed by atoms with E-state index in [2.05, 4.69) is 12.6 Å². The van der Waals surface area contributed by atoms with Gasteiger partial charge in [0.15, 0.2) is 0 Å². The summed E-state index contributed by atoms with van der Waals surface area (Å²) in [5.41, 5.74) is 0.738. The largest absolute Gasteiger partial charge is 0.478 e. The maximum Gasteiger partial charge on any atom is 0.336 e. The molecule has 0 bridgehead atoms. The van der Waals surface area contributed by atoms with Crippen LogP contribution in [-0.2, 0) is 0 Å². The van der Waals surface area contributed by atoms with Crippen molar-refractivity contribution < 1.29 is 19.8 Å². The van der Waals surface area contributed by atoms with E-state index in [-0.39, 0.29) is 11.1 Å². The molecule has 0 atom stereocenters. The summed E-state index contributed by atoms with van der Waals surface area (Å²) < 4.78 is 0. The Morgan fingerprint density at radius 3 is 2.05 bits per heavy atom. The number of benzene rings is 2. The van der Waals surface area contributed by atoms with E-state index in [0.29, 0.717) is 16.0 Å². The molecule has 0 aliphatic heterocycles. The molecule has 0 amide bonds. The molecule has 2 aromatic carbocycles. The van der Waals surface area contributed by atoms with Gasteiger partial charge in [0.05, 0.1) is 11.1 Å². The van der Waals surface area contributed by atoms with Crippen molar-refractivity contribution in [3.05, 3.63) is 53.6 Å². The van der Waals surface area contributed by atoms with Gasteiger partial charge >= 0.3 is 11.9 Å². The SMILES string of the molecule is O=C(O)c1ccccc1-c1c(S)cccc1C(=O)O. The van der Waals surface area contributed by atoms with Gasteiger partial charge < -0.3 is 10.2 Å². The van der Waals surface area contributed by atoms with Crippen molar-refractivity contribution in [3.63, 3.8) is 0 Å². The van der Waals surface area contributed by atoms with Gasteiger partial charge in [0.2, 0.25) is 0 Å². The third-order valence-corrected chi connectivity index (χ3v) is 3.07. The van der Waals surface area contributed by atoms with Gasteiger partial charge in [-0.25, -0.2) is 9.59 Å². The maximum absolute atomic E-state index is 11.2. The van der Waals surface area contributed by atoms with Gasteiger partial charge in [0, 0.05) is 10.5 Å². The first-order valence-corrected chi connectivity index (χ1v) is 5.85. The first kappa shape index (κ1) is 13.2. The van der Waals surface area contributed by atoms with Gasteiger partial charge in [-0.1, -0.05) is 24.3 Å². The minimum absolute atomic E-state index is 0.0289. The van der Waals surface area contributed by atoms with Crippen LogP contribution in [0.15, 0.2) is 47.4 Å². The molecule has 2 N–H and O–H groups in total. The van der Waals surface area contributed by atoms with Crippen molar-refractivity contribution in [2.75, 3.05) is 0 Å². The summed E-state index contributed by atoms with van der Waals surface area (Å²) in [6.45, 7) is 0. The highest BCUT2D eigenvalue weighted by atomic mass is 32.1. The minimum Gasteiger partial charge on any atom is -0.478 e. The quantitative estimate of drug-likeness (QED) is 0.752. The summed E-state index contributed by atoms with van der Waals surface area (Å²) in [4.78, 5) is 22.9. The molecular weight excluding hydrogens is 264 g/mol. The van der Waals surface area contributed by atoms with Crippen LogP contribution in [0.2, 0.25) is 0 Å². The molecule has 0 fully saturated rings. The normalized spacial score (nSPS) is 10.2. The van der Waals surface area contributed by atoms with E-state index in [1.807, 2.05) is 0 Å². The Bertz CT molecular complexity index is 664. The van der Waals surface area contributed by atoms with Crippen LogP contribution in [0.1, 0.15) is 20.7 Å². The smallest absolute Gasteiger partial charge is 0.336 e. The van der Waals surface area contributed by atoms with Gasteiger partial charge in [0.1, 0.15) is 0 Å². The molecule has 0 aromatic heterocycles. The van der Waals surface area contributed by atoms with Crippen molar-refractivity contribution in [1.29, 1.82) is 0 Å². The summed E-state index contributed by atoms with van der Waals surface area (Å²) in [5.74, 6) is -2.23. The van der Waals surface area contributed by atoms with Gasteiger partial charge in [-0.3, -0.25) is 0 Å². The van der Waals surface area contributed by atoms with Crippen molar-refractivity contribution in [1.82, 2.24) is 0 Å². The zero-order chi connectivity index (χ0) is 14.0. The van der Waals surface area contributed by atoms with Gasteiger partial charge in [-0.15, -0.1) is 12.6 Å². The predicted octanol–water partition coefficient (Wildman–Crippen LogP) is 3.04. The van der Waals surface area contributed by atoms with Crippen LogP contribution in [0.3, 0.4) is 0 Å². The predicted molar refractivity (Wildman–Crippen MR) is 73.0 cm³/mol. The van der Waals surface area contributed by atoms with E-state index in [1.165, 1.54) is 12.1 Å². The molecule has 0 aliphatic carbocycles. The van der Waals surface area contributed by atoms with E-state index in [4.69, 9.17) is 0 Å². The highest BCUT2D eigenvalue weighted by Crippen LogP contribution is 2.32. The monoisotopic (exact) mass is 274 g/mol. The zero-order valence-corrected chi connectivity index (χ0v) is 10.6. The average molecular weight is 274 g/mol. The molecule has 19 heavy (non-hydrogen) atoms. The summed E-state index contributed by atoms with van der Waals surface area (Å²) in [7, 11) is 0. The van der Waals surface area contributed by atoms with Crippen LogP contribution in [0.25, 0.3) is 11.1 Å². The second kappa shape index (κ2) is 5.16. The first-order valence-electron chi connectivity index (χ1n) is 5.40. The molecule has 5 heteroatoms. The number of hydrogen-bond donors (Lipinski definition) is 3. The van der Waals surface area contributed by atoms with Gasteiger partial charge in [-0.2, -0.15) is 0 Å². The van der Waals surface area contributed by atoms with E-state index >= 15 is 0 Å². The molecule has 2 rings (SSSR count). The Hall–Kier alpha value is -2.27. The molecule has 4 nitrogen and oxygen atoms in total. The second-order valence-corrected chi connectivity index (χ2v) is 4.34. The Morgan fingerprint density at radius 2 is 1.42 bits per heavy atom. The Morgan fingerprint density at radius 1 is 0.842 bits per heavy atom. The van der Waals surface area contributed by atoms with Crippen molar-refractivity contribution in [2.45, 2.75) is 4.90 Å². The number of thiol groups is 1. The molecule has 0 radical (unpaired) electrons. The summed E-state index contributed by atoms with van der Waals surface area (Å²) in [6.07, 6.45) is 0. The molecule has 0 heterocycles. The van der Waals surface area contributed by atoms with E-state index in [0.717, 1.165) is 0 Å². The lowest BCUT2D eigenvalue weighted by Gasteiger charge is -2.11. The van der Waals surface area contributed by atoms with Gasteiger partial charge in [-0.05, 0) is 23.8 Å². The Kier molecular flexibility index (Phi) is 3.57. The van der Waals surface area contributed by atoms with E-state index < -0.39 is 11.9 Å². The van der Waals surface area contributed by atoms with Crippen molar-refractivity contribution in [2.24, 2.45) is 0 Å². The fourth-order valence-corrected chi connectivity index (χ4v) is 2.22. The van der Waals surface area contributed by atoms with Crippen LogP contribution < -0.4 is 0 Å². The zero-order valence-electron chi connectivity index (χ0n) is 9.70. The lowest BCUT2D eigenvalue weighted by Crippen LogP contribution is -2.04. The van der Waals surface area contributed by atoms with Crippen LogP contribution in [-0.4, -0.2) is 22.2 Å². The second-order valence-electron chi connectivity index (χ2n) is 3.86. The Balaban J connectivity index is 2.79. The van der Waals surface area contributed by atoms with Crippen molar-refractivity contribution >= 4 is 24.6 Å². The number of carbonyl (C=O) groups is 2. The van der Waals surface area contributed by atoms with Crippen LogP contribution in [0.4, 0.5) is 0 Å². The molecular formula is C14H10O4S. The fraction of sp³-hybridized carbons (Fsp3) is 0. The molecule has 0 unspecified atom stereocenters. The molecule has 96 valence electrons. The van der Waals surface area contributed by atoms with E-state index in [9.17, 15) is 19.8 Å². The van der Waals surface area contributed by atoms with Crippen LogP contribution in [0, 0.1) is 0 Å². The third kappa shape index (κ3) is 2.46. The number of rotatable bonds is 3. The lowest BCUT2D eigenvalue weighted by molar-refractivity contribution is 0.0684. The number of carboxylic acid groups (broad SMARTS) is 2. The Labute approximate surface area is 114 Å². The minimum atomic E-state index is -1.12. The molecule has 0 saturated heterocycles. The highest BCUT2D eigenvalue weighted by Gasteiger charge is 2.19. The molecule has 0 aliphatic rings. The first-order chi connectivity index (χ1) is 9.02. The third-order valence-electron chi connectivity index (χ3n) is 2.70. The summed E-state index contributed by atoms with van der Waals surface area (Å²) >= 11 is 4.23. The molecule has 0 saturated carbocycles. The maximum atomic E-state index is 11.2. The van der Waals surface area contributed by atoms with Crippen molar-refractivity contribution in [3.8, 4) is 11.1 Å². The lowest BCUT2D eigenvalue weighted by atomic mass is 9.95. The van der Waals surface area contributed by atoms with E-state index in [1.54, 1.807) is 30.3 Å². The molecule has 0 spiro atoms. The van der Waals surface area contributed by atoms with Crippen LogP contribution >= 0.6 is 12.6 Å². The average Bonchev–Trinajstić information content (AvgIpc) is 2.38. The number of aromatic carboxylic acids is 2. The molecule has 2 aromatic rings. The highest BCUT2D eigenvalue weighted by molar-refractivity contribution is 7.80. The fourth-order valence-electron chi connectivity index (χ4n) is 1.89. The number of carboxylic acids is 2. The number of hydrogen-bond acceptors (Lipinski definition) is 3. The standard InChI is InChI=1S/C14H10O4S/c15-13(16)9-5-2-1-4-8(9)12-10(14(17)18)6-3-7-11(12)19/h1-7,19H,(H,15,16)(H,17,18). The van der Waals surface area contributed by atoms with Crippen LogP contribution in [0.5, 0.6) is 0 Å².